The van der Waals surface area contributed by atoms with Crippen LogP contribution in [-0.4, -0.2) is 150 Å². The third-order valence-electron chi connectivity index (χ3n) is 19.3. The number of benzene rings is 5. The van der Waals surface area contributed by atoms with E-state index < -0.39 is 75.9 Å². The lowest BCUT2D eigenvalue weighted by molar-refractivity contribution is -0.384. The summed E-state index contributed by atoms with van der Waals surface area (Å²) in [6, 6.07) is 38.1. The number of hydrogen-bond acceptors (Lipinski definition) is 21. The number of allylic oxidation sites excluding steroid dienone is 4. The molecule has 2 amide bonds. The lowest BCUT2D eigenvalue weighted by Crippen LogP contribution is -2.44. The summed E-state index contributed by atoms with van der Waals surface area (Å²) in [5.74, 6) is 1.15. The largest absolute Gasteiger partial charge is 0.513 e. The average Bonchev–Trinajstić information content (AvgIpc) is 1.59. The molecule has 2 aliphatic carbocycles. The highest BCUT2D eigenvalue weighted by atomic mass is 16.7. The van der Waals surface area contributed by atoms with Gasteiger partial charge in [-0.15, -0.1) is 26.3 Å². The van der Waals surface area contributed by atoms with Gasteiger partial charge in [-0.1, -0.05) is 85.0 Å². The Morgan fingerprint density at radius 1 is 0.560 bits per heavy atom. The van der Waals surface area contributed by atoms with Gasteiger partial charge in [0.15, 0.2) is 11.6 Å². The van der Waals surface area contributed by atoms with Gasteiger partial charge in [0.2, 0.25) is 0 Å². The average molecular weight is 1490 g/mol. The Morgan fingerprint density at radius 2 is 0.991 bits per heavy atom. The molecular weight excluding hydrogens is 1390 g/mol. The van der Waals surface area contributed by atoms with Gasteiger partial charge in [-0.2, -0.15) is 0 Å². The Labute approximate surface area is 635 Å². The second-order valence-corrected chi connectivity index (χ2v) is 28.0. The van der Waals surface area contributed by atoms with E-state index >= 15 is 0 Å². The minimum atomic E-state index is -0.946. The molecule has 7 aromatic rings. The minimum Gasteiger partial charge on any atom is -0.497 e. The van der Waals surface area contributed by atoms with E-state index in [4.69, 9.17) is 57.3 Å². The molecule has 4 aliphatic rings. The Balaban J connectivity index is 0.000000204. The first-order valence-electron chi connectivity index (χ1n) is 36.7. The van der Waals surface area contributed by atoms with Crippen LogP contribution in [0.15, 0.2) is 184 Å². The first kappa shape index (κ1) is 81.6. The van der Waals surface area contributed by atoms with Crippen molar-refractivity contribution in [2.24, 2.45) is 22.7 Å². The molecule has 24 nitrogen and oxygen atoms in total. The van der Waals surface area contributed by atoms with Crippen LogP contribution in [-0.2, 0) is 42.9 Å². The van der Waals surface area contributed by atoms with E-state index in [1.54, 1.807) is 67.1 Å². The van der Waals surface area contributed by atoms with Gasteiger partial charge in [0.05, 0.1) is 104 Å². The van der Waals surface area contributed by atoms with Crippen LogP contribution in [0.3, 0.4) is 0 Å². The summed E-state index contributed by atoms with van der Waals surface area (Å²) in [5, 5.41) is 12.0. The van der Waals surface area contributed by atoms with Crippen LogP contribution in [0.1, 0.15) is 112 Å². The van der Waals surface area contributed by atoms with Crippen molar-refractivity contribution < 1.29 is 85.9 Å². The molecule has 4 heterocycles. The zero-order valence-corrected chi connectivity index (χ0v) is 63.0. The number of Topliss-reactive ketones (excluding diaryl/α,β-unsaturated/α-hetero) is 2. The SMILES string of the molecule is C=CCCCCOC(=O)N1C[C@H](Oc2cc(-c3ccccc3)nc3cc(OC)ccc23)C[C@H]1C(=O)C[C@]1(C(=O)OCC)C[C@H]1C=C.C=CCCCCOC(=O)Oc1ccc([N+](=O)[O-])cc1.C=C[C@@H]1C[C@]1(CC(=O)[C@@H]1C[C@@H](Oc2cc(-c3ccccc3)nc3cc(OC)ccc23)CN1C(=O)OC(C)(C)C)C(=O)OCC. The van der Waals surface area contributed by atoms with Gasteiger partial charge < -0.3 is 47.4 Å². The molecule has 0 N–H and O–H groups in total. The fraction of sp³-hybridized carbons (Fsp3) is 0.400. The van der Waals surface area contributed by atoms with Gasteiger partial charge in [-0.25, -0.2) is 24.4 Å². The molecule has 0 bridgehead atoms. The molecular formula is C85H97N5O19. The molecule has 4 fully saturated rings. The predicted molar refractivity (Wildman–Crippen MR) is 411 cm³/mol. The highest BCUT2D eigenvalue weighted by Crippen LogP contribution is 2.58. The molecule has 0 unspecified atom stereocenters. The number of methoxy groups -OCH3 is 2. The molecule has 0 radical (unpaired) electrons. The molecule has 2 aromatic heterocycles. The maximum Gasteiger partial charge on any atom is 0.513 e. The van der Waals surface area contributed by atoms with Gasteiger partial charge in [0, 0.05) is 84.0 Å². The number of likely N-dealkylation sites (tertiary alicyclic amines) is 2. The number of unbranched alkanes of at least 4 members (excludes halogenated alkanes) is 4. The van der Waals surface area contributed by atoms with Crippen LogP contribution >= 0.6 is 0 Å². The van der Waals surface area contributed by atoms with Crippen molar-refractivity contribution in [3.05, 3.63) is 194 Å². The number of ketones is 2. The molecule has 5 aromatic carbocycles. The van der Waals surface area contributed by atoms with Gasteiger partial charge in [0.1, 0.15) is 46.6 Å². The normalized spacial score (nSPS) is 20.1. The first-order valence-corrected chi connectivity index (χ1v) is 36.7. The third kappa shape index (κ3) is 21.3. The summed E-state index contributed by atoms with van der Waals surface area (Å²) in [7, 11) is 3.21. The Hall–Kier alpha value is -11.4. The Bertz CT molecular complexity index is 4410. The smallest absolute Gasteiger partial charge is 0.497 e. The number of nitrogens with zero attached hydrogens (tertiary/aromatic N) is 5. The van der Waals surface area contributed by atoms with Crippen LogP contribution in [0.25, 0.3) is 44.3 Å². The lowest BCUT2D eigenvalue weighted by atomic mass is 9.92. The van der Waals surface area contributed by atoms with Crippen molar-refractivity contribution in [2.75, 3.05) is 53.7 Å². The van der Waals surface area contributed by atoms with Crippen LogP contribution in [0.4, 0.5) is 20.1 Å². The summed E-state index contributed by atoms with van der Waals surface area (Å²) in [6.07, 6.45) is 10.3. The van der Waals surface area contributed by atoms with E-state index in [2.05, 4.69) is 26.3 Å². The summed E-state index contributed by atoms with van der Waals surface area (Å²) >= 11 is 0. The number of rotatable bonds is 32. The number of pyridine rings is 2. The van der Waals surface area contributed by atoms with Crippen LogP contribution in [0, 0.1) is 32.8 Å². The maximum atomic E-state index is 13.9. The van der Waals surface area contributed by atoms with E-state index in [1.807, 2.05) is 115 Å². The Morgan fingerprint density at radius 3 is 1.39 bits per heavy atom. The van der Waals surface area contributed by atoms with Gasteiger partial charge in [0.25, 0.3) is 5.69 Å². The van der Waals surface area contributed by atoms with Crippen LogP contribution in [0.2, 0.25) is 0 Å². The first-order chi connectivity index (χ1) is 52.4. The van der Waals surface area contributed by atoms with Gasteiger partial charge in [-0.3, -0.25) is 39.1 Å². The number of carbonyl (C=O) groups is 7. The fourth-order valence-corrected chi connectivity index (χ4v) is 13.4. The van der Waals surface area contributed by atoms with E-state index in [1.165, 1.54) is 34.1 Å². The second-order valence-electron chi connectivity index (χ2n) is 28.0. The topological polar surface area (TPSA) is 287 Å². The molecule has 576 valence electrons. The highest BCUT2D eigenvalue weighted by Gasteiger charge is 2.63. The Kier molecular flexibility index (Phi) is 28.4. The highest BCUT2D eigenvalue weighted by molar-refractivity contribution is 5.96. The number of aromatic nitrogens is 2. The monoisotopic (exact) mass is 1490 g/mol. The summed E-state index contributed by atoms with van der Waals surface area (Å²) < 4.78 is 55.8. The molecule has 0 spiro atoms. The molecule has 109 heavy (non-hydrogen) atoms. The molecule has 11 rings (SSSR count). The van der Waals surface area contributed by atoms with Crippen molar-refractivity contribution in [2.45, 2.75) is 142 Å². The molecule has 2 saturated carbocycles. The van der Waals surface area contributed by atoms with Crippen molar-refractivity contribution in [1.29, 1.82) is 0 Å². The summed E-state index contributed by atoms with van der Waals surface area (Å²) in [4.78, 5) is 114. The van der Waals surface area contributed by atoms with Crippen molar-refractivity contribution >= 4 is 69.3 Å². The second kappa shape index (κ2) is 37.9. The number of fused-ring (bicyclic) bond motifs is 2. The quantitative estimate of drug-likeness (QED) is 0.00720. The number of esters is 2. The van der Waals surface area contributed by atoms with Crippen molar-refractivity contribution in [3.8, 4) is 51.3 Å². The van der Waals surface area contributed by atoms with Crippen molar-refractivity contribution in [3.63, 3.8) is 0 Å². The molecule has 8 atom stereocenters. The fourth-order valence-electron chi connectivity index (χ4n) is 13.4. The summed E-state index contributed by atoms with van der Waals surface area (Å²) in [5.41, 5.74) is 1.95. The van der Waals surface area contributed by atoms with E-state index in [9.17, 15) is 43.7 Å². The number of carbonyl (C=O) groups excluding carboxylic acids is 7. The van der Waals surface area contributed by atoms with Crippen molar-refractivity contribution in [1.82, 2.24) is 19.8 Å². The van der Waals surface area contributed by atoms with Gasteiger partial charge in [-0.05, 0) is 134 Å². The molecule has 2 saturated heterocycles. The number of nitro benzene ring substituents is 1. The van der Waals surface area contributed by atoms with Crippen LogP contribution in [0.5, 0.6) is 28.7 Å². The minimum absolute atomic E-state index is 0.0425. The number of non-ortho nitro benzene ring substituents is 1. The maximum absolute atomic E-state index is 13.9. The zero-order valence-electron chi connectivity index (χ0n) is 63.0. The zero-order chi connectivity index (χ0) is 78.4. The standard InChI is InChI=1S/C37H42N2O7.C35H40N2O7.C13H15NO5/c1-5-8-9-13-18-45-36(42)39-24-28(20-32(39)33(40)23-37(22-26(37)6-2)35(41)44-7-3)46-34-21-30(25-14-11-10-12-15-25)38-31-19-27(43-4)16-17-29(31)34;1-7-23-19-35(23,32(39)42-8-2)20-30(38)29-17-25(21-37(29)33(40)44-34(3,4)5)43-31-18-27(22-12-10-9-11-13-22)36-28-16-24(41-6)14-15-26(28)31;1-2-3-4-5-10-18-13(15)19-12-8-6-11(7-9-12)14(16)17/h5-6,10-12,14-17,19,21,26,28,32H,1-2,7-9,13,18,20,22-24H2,3-4H3;7,9-16,18,23,25,29H,1,8,17,19-21H2,2-6H3;2,6-9H,1,3-5,10H2/t26-,28-,32+,37-;23-,25-,29+,35-;/m11./s1. The number of amides is 2. The van der Waals surface area contributed by atoms with E-state index in [0.29, 0.717) is 53.3 Å². The predicted octanol–water partition coefficient (Wildman–Crippen LogP) is 16.8. The molecule has 24 heteroatoms. The van der Waals surface area contributed by atoms with Gasteiger partial charge >= 0.3 is 30.3 Å². The third-order valence-corrected chi connectivity index (χ3v) is 19.3. The number of nitro groups is 1. The lowest BCUT2D eigenvalue weighted by Gasteiger charge is -2.28. The molecule has 2 aliphatic heterocycles. The number of ether oxygens (including phenoxy) is 10. The van der Waals surface area contributed by atoms with E-state index in [0.717, 1.165) is 65.4 Å². The number of hydrogen-bond donors (Lipinski definition) is 0. The van der Waals surface area contributed by atoms with E-state index in [-0.39, 0.29) is 100 Å². The van der Waals surface area contributed by atoms with Crippen LogP contribution < -0.4 is 23.7 Å². The summed E-state index contributed by atoms with van der Waals surface area (Å²) in [6.45, 7) is 25.1.